The third-order valence-corrected chi connectivity index (χ3v) is 3.75. The molecule has 2 heterocycles. The highest BCUT2D eigenvalue weighted by Gasteiger charge is 2.14. The van der Waals surface area contributed by atoms with Gasteiger partial charge in [0.2, 0.25) is 0 Å². The van der Waals surface area contributed by atoms with Crippen molar-refractivity contribution in [2.24, 2.45) is 5.92 Å². The molecule has 0 spiro atoms. The van der Waals surface area contributed by atoms with Gasteiger partial charge in [-0.3, -0.25) is 0 Å². The van der Waals surface area contributed by atoms with Gasteiger partial charge in [0.25, 0.3) is 0 Å². The predicted molar refractivity (Wildman–Crippen MR) is 78.6 cm³/mol. The number of benzene rings is 1. The van der Waals surface area contributed by atoms with Crippen molar-refractivity contribution in [3.63, 3.8) is 0 Å². The summed E-state index contributed by atoms with van der Waals surface area (Å²) in [5.41, 5.74) is 1.70. The lowest BCUT2D eigenvalue weighted by Crippen LogP contribution is -2.33. The Morgan fingerprint density at radius 3 is 2.79 bits per heavy atom. The molecule has 5 heteroatoms. The first kappa shape index (κ1) is 12.6. The number of rotatable bonds is 3. The molecule has 0 unspecified atom stereocenters. The molecule has 1 aliphatic rings. The van der Waals surface area contributed by atoms with Crippen LogP contribution >= 0.6 is 11.6 Å². The van der Waals surface area contributed by atoms with Crippen LogP contribution in [-0.4, -0.2) is 29.6 Å². The summed E-state index contributed by atoms with van der Waals surface area (Å²) in [5.74, 6) is 1.32. The van der Waals surface area contributed by atoms with Crippen molar-refractivity contribution in [3.05, 3.63) is 29.4 Å². The van der Waals surface area contributed by atoms with E-state index in [-0.39, 0.29) is 0 Å². The van der Waals surface area contributed by atoms with Crippen molar-refractivity contribution in [2.75, 3.05) is 25.0 Å². The van der Waals surface area contributed by atoms with Crippen LogP contribution < -0.4 is 10.6 Å². The maximum Gasteiger partial charge on any atom is 0.172 e. The molecule has 0 aliphatic carbocycles. The van der Waals surface area contributed by atoms with Gasteiger partial charge in [0.05, 0.1) is 11.0 Å². The van der Waals surface area contributed by atoms with Gasteiger partial charge >= 0.3 is 0 Å². The molecule has 1 saturated heterocycles. The molecule has 0 amide bonds. The number of aromatic nitrogens is 2. The Balaban J connectivity index is 1.74. The lowest BCUT2D eigenvalue weighted by atomic mass is 10.00. The Morgan fingerprint density at radius 1 is 1.26 bits per heavy atom. The summed E-state index contributed by atoms with van der Waals surface area (Å²) in [6.07, 6.45) is 2.49. The minimum absolute atomic E-state index is 0.447. The second kappa shape index (κ2) is 5.72. The smallest absolute Gasteiger partial charge is 0.172 e. The Kier molecular flexibility index (Phi) is 3.80. The van der Waals surface area contributed by atoms with Gasteiger partial charge in [-0.05, 0) is 44.0 Å². The van der Waals surface area contributed by atoms with E-state index in [0.29, 0.717) is 16.9 Å². The van der Waals surface area contributed by atoms with E-state index in [0.717, 1.165) is 30.7 Å². The number of halogens is 1. The molecule has 0 bridgehead atoms. The van der Waals surface area contributed by atoms with Crippen LogP contribution in [-0.2, 0) is 0 Å². The Hall–Kier alpha value is -1.39. The fourth-order valence-electron chi connectivity index (χ4n) is 2.43. The third kappa shape index (κ3) is 2.96. The number of hydrogen-bond donors (Lipinski definition) is 2. The SMILES string of the molecule is Clc1nc2ccccc2nc1NC[C@H]1CCCNC1. The number of nitrogens with zero attached hydrogens (tertiary/aromatic N) is 2. The van der Waals surface area contributed by atoms with E-state index < -0.39 is 0 Å². The predicted octanol–water partition coefficient (Wildman–Crippen LogP) is 2.69. The molecule has 4 nitrogen and oxygen atoms in total. The Labute approximate surface area is 117 Å². The molecule has 1 fully saturated rings. The second-order valence-electron chi connectivity index (χ2n) is 4.95. The summed E-state index contributed by atoms with van der Waals surface area (Å²) < 4.78 is 0. The zero-order chi connectivity index (χ0) is 13.1. The van der Waals surface area contributed by atoms with Crippen LogP contribution in [0, 0.1) is 5.92 Å². The summed E-state index contributed by atoms with van der Waals surface area (Å²) >= 11 is 6.17. The first-order valence-corrected chi connectivity index (χ1v) is 7.07. The van der Waals surface area contributed by atoms with Gasteiger partial charge in [-0.1, -0.05) is 23.7 Å². The summed E-state index contributed by atoms with van der Waals surface area (Å²) in [7, 11) is 0. The highest BCUT2D eigenvalue weighted by Crippen LogP contribution is 2.21. The van der Waals surface area contributed by atoms with Gasteiger partial charge < -0.3 is 10.6 Å². The Morgan fingerprint density at radius 2 is 2.05 bits per heavy atom. The van der Waals surface area contributed by atoms with Crippen LogP contribution in [0.5, 0.6) is 0 Å². The molecule has 3 rings (SSSR count). The molecule has 1 aromatic heterocycles. The lowest BCUT2D eigenvalue weighted by molar-refractivity contribution is 0.392. The summed E-state index contributed by atoms with van der Waals surface area (Å²) in [6.45, 7) is 3.08. The Bertz CT molecular complexity index is 566. The highest BCUT2D eigenvalue weighted by molar-refractivity contribution is 6.32. The zero-order valence-electron chi connectivity index (χ0n) is 10.7. The lowest BCUT2D eigenvalue weighted by Gasteiger charge is -2.23. The van der Waals surface area contributed by atoms with Crippen LogP contribution in [0.1, 0.15) is 12.8 Å². The quantitative estimate of drug-likeness (QED) is 0.905. The minimum atomic E-state index is 0.447. The minimum Gasteiger partial charge on any atom is -0.367 e. The standard InChI is InChI=1S/C14H17ClN4/c15-13-14(17-9-10-4-3-7-16-8-10)19-12-6-2-1-5-11(12)18-13/h1-2,5-6,10,16H,3-4,7-9H2,(H,17,19)/t10-/m0/s1. The fraction of sp³-hybridized carbons (Fsp3) is 0.429. The molecule has 100 valence electrons. The van der Waals surface area contributed by atoms with Crippen LogP contribution in [0.4, 0.5) is 5.82 Å². The summed E-state index contributed by atoms with van der Waals surface area (Å²) in [5, 5.41) is 7.18. The fourth-order valence-corrected chi connectivity index (χ4v) is 2.63. The van der Waals surface area contributed by atoms with Crippen molar-refractivity contribution in [3.8, 4) is 0 Å². The second-order valence-corrected chi connectivity index (χ2v) is 5.30. The molecule has 1 aromatic carbocycles. The van der Waals surface area contributed by atoms with Gasteiger partial charge in [-0.25, -0.2) is 9.97 Å². The number of para-hydroxylation sites is 2. The maximum atomic E-state index is 6.17. The van der Waals surface area contributed by atoms with E-state index in [1.807, 2.05) is 24.3 Å². The number of anilines is 1. The van der Waals surface area contributed by atoms with E-state index in [1.165, 1.54) is 12.8 Å². The molecule has 0 saturated carbocycles. The molecule has 1 aliphatic heterocycles. The maximum absolute atomic E-state index is 6.17. The van der Waals surface area contributed by atoms with Gasteiger partial charge in [0.15, 0.2) is 11.0 Å². The molecular formula is C14H17ClN4. The normalized spacial score (nSPS) is 19.5. The van der Waals surface area contributed by atoms with E-state index in [4.69, 9.17) is 11.6 Å². The van der Waals surface area contributed by atoms with Crippen molar-refractivity contribution in [2.45, 2.75) is 12.8 Å². The van der Waals surface area contributed by atoms with E-state index in [1.54, 1.807) is 0 Å². The summed E-state index contributed by atoms with van der Waals surface area (Å²) in [4.78, 5) is 8.90. The highest BCUT2D eigenvalue weighted by atomic mass is 35.5. The summed E-state index contributed by atoms with van der Waals surface area (Å²) in [6, 6.07) is 7.77. The van der Waals surface area contributed by atoms with Crippen LogP contribution in [0.25, 0.3) is 11.0 Å². The number of piperidine rings is 1. The van der Waals surface area contributed by atoms with Crippen molar-refractivity contribution >= 4 is 28.5 Å². The van der Waals surface area contributed by atoms with Gasteiger partial charge in [-0.2, -0.15) is 0 Å². The van der Waals surface area contributed by atoms with Crippen LogP contribution in [0.2, 0.25) is 5.15 Å². The number of hydrogen-bond acceptors (Lipinski definition) is 4. The van der Waals surface area contributed by atoms with Crippen molar-refractivity contribution in [1.82, 2.24) is 15.3 Å². The first-order chi connectivity index (χ1) is 9.33. The first-order valence-electron chi connectivity index (χ1n) is 6.70. The average molecular weight is 277 g/mol. The topological polar surface area (TPSA) is 49.8 Å². The molecule has 2 aromatic rings. The molecule has 19 heavy (non-hydrogen) atoms. The van der Waals surface area contributed by atoms with Crippen LogP contribution in [0.15, 0.2) is 24.3 Å². The molecule has 2 N–H and O–H groups in total. The van der Waals surface area contributed by atoms with Gasteiger partial charge in [-0.15, -0.1) is 0 Å². The van der Waals surface area contributed by atoms with E-state index >= 15 is 0 Å². The van der Waals surface area contributed by atoms with Crippen LogP contribution in [0.3, 0.4) is 0 Å². The molecule has 1 atom stereocenters. The molecule has 0 radical (unpaired) electrons. The van der Waals surface area contributed by atoms with E-state index in [9.17, 15) is 0 Å². The van der Waals surface area contributed by atoms with Crippen molar-refractivity contribution < 1.29 is 0 Å². The third-order valence-electron chi connectivity index (χ3n) is 3.49. The number of fused-ring (bicyclic) bond motifs is 1. The zero-order valence-corrected chi connectivity index (χ0v) is 11.5. The van der Waals surface area contributed by atoms with Crippen molar-refractivity contribution in [1.29, 1.82) is 0 Å². The largest absolute Gasteiger partial charge is 0.367 e. The van der Waals surface area contributed by atoms with Gasteiger partial charge in [0, 0.05) is 6.54 Å². The molecular weight excluding hydrogens is 260 g/mol. The van der Waals surface area contributed by atoms with Gasteiger partial charge in [0.1, 0.15) is 0 Å². The monoisotopic (exact) mass is 276 g/mol. The number of nitrogens with one attached hydrogen (secondary N) is 2. The average Bonchev–Trinajstić information content (AvgIpc) is 2.46. The van der Waals surface area contributed by atoms with E-state index in [2.05, 4.69) is 20.6 Å².